The van der Waals surface area contributed by atoms with Gasteiger partial charge in [0.1, 0.15) is 6.10 Å². The zero-order valence-corrected chi connectivity index (χ0v) is 8.99. The smallest absolute Gasteiger partial charge is 0.412 e. The molecule has 0 heterocycles. The molecule has 0 saturated carbocycles. The van der Waals surface area contributed by atoms with Gasteiger partial charge in [-0.3, -0.25) is 5.32 Å². The predicted octanol–water partition coefficient (Wildman–Crippen LogP) is 3.20. The minimum absolute atomic E-state index is 0.270. The Hall–Kier alpha value is -1.77. The SMILES string of the molecule is C=C(C)[C@@H](C)OC(=O)Nc1ccccc1. The molecular formula is C12H15NO2. The van der Waals surface area contributed by atoms with Gasteiger partial charge in [0.15, 0.2) is 0 Å². The number of rotatable bonds is 3. The van der Waals surface area contributed by atoms with Crippen LogP contribution >= 0.6 is 0 Å². The van der Waals surface area contributed by atoms with Gasteiger partial charge in [0, 0.05) is 5.69 Å². The standard InChI is InChI=1S/C12H15NO2/c1-9(2)10(3)15-12(14)13-11-7-5-4-6-8-11/h4-8,10H,1H2,2-3H3,(H,13,14)/t10-/m1/s1. The van der Waals surface area contributed by atoms with Crippen molar-refractivity contribution >= 4 is 11.8 Å². The van der Waals surface area contributed by atoms with Crippen LogP contribution in [0.15, 0.2) is 42.5 Å². The molecule has 15 heavy (non-hydrogen) atoms. The Balaban J connectivity index is 2.47. The molecule has 0 radical (unpaired) electrons. The second kappa shape index (κ2) is 5.20. The molecule has 0 aliphatic rings. The fourth-order valence-corrected chi connectivity index (χ4v) is 0.930. The van der Waals surface area contributed by atoms with Crippen molar-refractivity contribution in [2.45, 2.75) is 20.0 Å². The highest BCUT2D eigenvalue weighted by Crippen LogP contribution is 2.08. The molecule has 80 valence electrons. The Morgan fingerprint density at radius 1 is 1.40 bits per heavy atom. The molecule has 0 bridgehead atoms. The van der Waals surface area contributed by atoms with E-state index in [1.165, 1.54) is 0 Å². The van der Waals surface area contributed by atoms with Gasteiger partial charge < -0.3 is 4.74 Å². The first-order valence-corrected chi connectivity index (χ1v) is 4.77. The average Bonchev–Trinajstić information content (AvgIpc) is 2.18. The van der Waals surface area contributed by atoms with Crippen LogP contribution < -0.4 is 5.32 Å². The van der Waals surface area contributed by atoms with Gasteiger partial charge in [-0.1, -0.05) is 24.8 Å². The Kier molecular flexibility index (Phi) is 3.92. The average molecular weight is 205 g/mol. The molecular weight excluding hydrogens is 190 g/mol. The number of benzene rings is 1. The fraction of sp³-hybridized carbons (Fsp3) is 0.250. The van der Waals surface area contributed by atoms with Crippen molar-refractivity contribution in [3.8, 4) is 0 Å². The lowest BCUT2D eigenvalue weighted by Crippen LogP contribution is -2.20. The van der Waals surface area contributed by atoms with E-state index in [1.807, 2.05) is 25.1 Å². The molecule has 1 aromatic rings. The van der Waals surface area contributed by atoms with Gasteiger partial charge in [0.2, 0.25) is 0 Å². The number of carbonyl (C=O) groups is 1. The minimum atomic E-state index is -0.461. The zero-order valence-electron chi connectivity index (χ0n) is 8.99. The van der Waals surface area contributed by atoms with E-state index in [1.54, 1.807) is 19.1 Å². The molecule has 1 atom stereocenters. The topological polar surface area (TPSA) is 38.3 Å². The Labute approximate surface area is 89.8 Å². The van der Waals surface area contributed by atoms with Gasteiger partial charge in [-0.15, -0.1) is 0 Å². The van der Waals surface area contributed by atoms with E-state index < -0.39 is 6.09 Å². The number of carbonyl (C=O) groups excluding carboxylic acids is 1. The maximum atomic E-state index is 11.4. The lowest BCUT2D eigenvalue weighted by molar-refractivity contribution is 0.137. The molecule has 3 heteroatoms. The summed E-state index contributed by atoms with van der Waals surface area (Å²) in [6.07, 6.45) is -0.731. The number of amides is 1. The summed E-state index contributed by atoms with van der Waals surface area (Å²) in [5.41, 5.74) is 1.54. The van der Waals surface area contributed by atoms with Crippen molar-refractivity contribution in [3.05, 3.63) is 42.5 Å². The van der Waals surface area contributed by atoms with Crippen molar-refractivity contribution in [1.82, 2.24) is 0 Å². The normalized spacial score (nSPS) is 11.6. The summed E-state index contributed by atoms with van der Waals surface area (Å²) in [5.74, 6) is 0. The van der Waals surface area contributed by atoms with Crippen molar-refractivity contribution in [1.29, 1.82) is 0 Å². The summed E-state index contributed by atoms with van der Waals surface area (Å²) in [5, 5.41) is 2.63. The first-order chi connectivity index (χ1) is 7.09. The maximum Gasteiger partial charge on any atom is 0.412 e. The second-order valence-corrected chi connectivity index (χ2v) is 3.38. The summed E-state index contributed by atoms with van der Waals surface area (Å²) >= 11 is 0. The van der Waals surface area contributed by atoms with Crippen LogP contribution in [0.25, 0.3) is 0 Å². The van der Waals surface area contributed by atoms with Crippen LogP contribution in [0, 0.1) is 0 Å². The van der Waals surface area contributed by atoms with Gasteiger partial charge in [0.25, 0.3) is 0 Å². The summed E-state index contributed by atoms with van der Waals surface area (Å²) < 4.78 is 5.07. The van der Waals surface area contributed by atoms with E-state index in [0.717, 1.165) is 11.3 Å². The zero-order chi connectivity index (χ0) is 11.3. The number of para-hydroxylation sites is 1. The molecule has 0 unspecified atom stereocenters. The van der Waals surface area contributed by atoms with Gasteiger partial charge in [-0.25, -0.2) is 4.79 Å². The highest BCUT2D eigenvalue weighted by Gasteiger charge is 2.09. The Morgan fingerprint density at radius 3 is 2.53 bits per heavy atom. The highest BCUT2D eigenvalue weighted by atomic mass is 16.6. The van der Waals surface area contributed by atoms with Crippen LogP contribution in [0.4, 0.5) is 10.5 Å². The monoisotopic (exact) mass is 205 g/mol. The second-order valence-electron chi connectivity index (χ2n) is 3.38. The quantitative estimate of drug-likeness (QED) is 0.769. The molecule has 1 rings (SSSR count). The predicted molar refractivity (Wildman–Crippen MR) is 60.8 cm³/mol. The fourth-order valence-electron chi connectivity index (χ4n) is 0.930. The molecule has 0 aliphatic carbocycles. The lowest BCUT2D eigenvalue weighted by atomic mass is 10.2. The van der Waals surface area contributed by atoms with Crippen LogP contribution in [0.5, 0.6) is 0 Å². The number of anilines is 1. The van der Waals surface area contributed by atoms with Crippen LogP contribution in [-0.4, -0.2) is 12.2 Å². The molecule has 0 aliphatic heterocycles. The summed E-state index contributed by atoms with van der Waals surface area (Å²) in [6, 6.07) is 9.17. The summed E-state index contributed by atoms with van der Waals surface area (Å²) in [6.45, 7) is 7.31. The molecule has 3 nitrogen and oxygen atoms in total. The van der Waals surface area contributed by atoms with E-state index in [4.69, 9.17) is 4.74 Å². The van der Waals surface area contributed by atoms with Crippen LogP contribution in [-0.2, 0) is 4.74 Å². The molecule has 0 aromatic heterocycles. The third kappa shape index (κ3) is 3.85. The molecule has 1 amide bonds. The van der Waals surface area contributed by atoms with Crippen LogP contribution in [0.1, 0.15) is 13.8 Å². The van der Waals surface area contributed by atoms with Gasteiger partial charge in [-0.05, 0) is 31.6 Å². The first-order valence-electron chi connectivity index (χ1n) is 4.77. The number of ether oxygens (including phenoxy) is 1. The molecule has 1 N–H and O–H groups in total. The maximum absolute atomic E-state index is 11.4. The van der Waals surface area contributed by atoms with Gasteiger partial charge in [0.05, 0.1) is 0 Å². The van der Waals surface area contributed by atoms with Crippen LogP contribution in [0.2, 0.25) is 0 Å². The van der Waals surface area contributed by atoms with Gasteiger partial charge in [-0.2, -0.15) is 0 Å². The van der Waals surface area contributed by atoms with Crippen molar-refractivity contribution in [3.63, 3.8) is 0 Å². The highest BCUT2D eigenvalue weighted by molar-refractivity contribution is 5.84. The van der Waals surface area contributed by atoms with E-state index in [-0.39, 0.29) is 6.10 Å². The third-order valence-corrected chi connectivity index (χ3v) is 2.00. The lowest BCUT2D eigenvalue weighted by Gasteiger charge is -2.13. The van der Waals surface area contributed by atoms with E-state index in [2.05, 4.69) is 11.9 Å². The van der Waals surface area contributed by atoms with Crippen molar-refractivity contribution in [2.24, 2.45) is 0 Å². The van der Waals surface area contributed by atoms with Crippen LogP contribution in [0.3, 0.4) is 0 Å². The van der Waals surface area contributed by atoms with E-state index >= 15 is 0 Å². The summed E-state index contributed by atoms with van der Waals surface area (Å²) in [7, 11) is 0. The molecule has 0 fully saturated rings. The number of hydrogen-bond acceptors (Lipinski definition) is 2. The number of hydrogen-bond donors (Lipinski definition) is 1. The van der Waals surface area contributed by atoms with E-state index in [0.29, 0.717) is 0 Å². The number of nitrogens with one attached hydrogen (secondary N) is 1. The van der Waals surface area contributed by atoms with Gasteiger partial charge >= 0.3 is 6.09 Å². The van der Waals surface area contributed by atoms with Crippen molar-refractivity contribution in [2.75, 3.05) is 5.32 Å². The summed E-state index contributed by atoms with van der Waals surface area (Å²) in [4.78, 5) is 11.4. The van der Waals surface area contributed by atoms with E-state index in [9.17, 15) is 4.79 Å². The minimum Gasteiger partial charge on any atom is -0.442 e. The molecule has 0 saturated heterocycles. The first kappa shape index (κ1) is 11.3. The third-order valence-electron chi connectivity index (χ3n) is 2.00. The van der Waals surface area contributed by atoms with Crippen molar-refractivity contribution < 1.29 is 9.53 Å². The Morgan fingerprint density at radius 2 is 2.00 bits per heavy atom. The molecule has 0 spiro atoms. The molecule has 1 aromatic carbocycles. The largest absolute Gasteiger partial charge is 0.442 e. The Bertz CT molecular complexity index is 346.